The van der Waals surface area contributed by atoms with Crippen LogP contribution in [0.5, 0.6) is 0 Å². The normalized spacial score (nSPS) is 31.6. The summed E-state index contributed by atoms with van der Waals surface area (Å²) in [7, 11) is 0. The van der Waals surface area contributed by atoms with E-state index in [0.29, 0.717) is 12.8 Å². The van der Waals surface area contributed by atoms with Crippen LogP contribution in [0.15, 0.2) is 0 Å². The highest BCUT2D eigenvalue weighted by Crippen LogP contribution is 2.16. The molecule has 0 N–H and O–H groups in total. The van der Waals surface area contributed by atoms with Gasteiger partial charge in [0.25, 0.3) is 0 Å². The zero-order valence-electron chi connectivity index (χ0n) is 3.98. The summed E-state index contributed by atoms with van der Waals surface area (Å²) in [4.78, 5) is 10.2. The number of halogens is 1. The molecule has 0 spiro atoms. The summed E-state index contributed by atoms with van der Waals surface area (Å²) in [6.45, 7) is 0. The van der Waals surface area contributed by atoms with Crippen LogP contribution in [0.3, 0.4) is 0 Å². The Kier molecular flexibility index (Phi) is 1.09. The average molecular weight is 102 g/mol. The molecule has 1 atom stereocenters. The Morgan fingerprint density at radius 3 is 2.57 bits per heavy atom. The van der Waals surface area contributed by atoms with Crippen LogP contribution in [0.2, 0.25) is 0 Å². The summed E-state index contributed by atoms with van der Waals surface area (Å²) < 4.78 is 12.0. The minimum atomic E-state index is -1.13. The first kappa shape index (κ1) is 4.75. The third kappa shape index (κ3) is 0.787. The molecule has 0 aromatic carbocycles. The van der Waals surface area contributed by atoms with Crippen molar-refractivity contribution in [1.82, 2.24) is 0 Å². The molecule has 1 aliphatic carbocycles. The monoisotopic (exact) mass is 102 g/mol. The van der Waals surface area contributed by atoms with Gasteiger partial charge in [-0.25, -0.2) is 4.39 Å². The lowest BCUT2D eigenvalue weighted by atomic mass is 10.3. The first-order chi connectivity index (χ1) is 3.30. The Morgan fingerprint density at radius 2 is 2.43 bits per heavy atom. The fraction of sp³-hybridized carbons (Fsp3) is 0.800. The summed E-state index contributed by atoms with van der Waals surface area (Å²) in [6, 6.07) is 0. The molecule has 0 saturated heterocycles. The fourth-order valence-corrected chi connectivity index (χ4v) is 0.773. The largest absolute Gasteiger partial charge is 0.296 e. The lowest BCUT2D eigenvalue weighted by molar-refractivity contribution is -0.121. The van der Waals surface area contributed by atoms with Crippen molar-refractivity contribution in [1.29, 1.82) is 0 Å². The number of carbonyl (C=O) groups excluding carboxylic acids is 1. The van der Waals surface area contributed by atoms with E-state index in [1.165, 1.54) is 0 Å². The van der Waals surface area contributed by atoms with Crippen molar-refractivity contribution in [3.05, 3.63) is 0 Å². The van der Waals surface area contributed by atoms with Crippen LogP contribution in [0.1, 0.15) is 19.3 Å². The molecule has 40 valence electrons. The minimum absolute atomic E-state index is 0.208. The van der Waals surface area contributed by atoms with Gasteiger partial charge < -0.3 is 0 Å². The number of rotatable bonds is 0. The molecule has 1 nitrogen and oxygen atoms in total. The molecule has 0 amide bonds. The molecule has 0 aliphatic heterocycles. The smallest absolute Gasteiger partial charge is 0.166 e. The highest BCUT2D eigenvalue weighted by atomic mass is 19.1. The molecule has 1 fully saturated rings. The zero-order valence-corrected chi connectivity index (χ0v) is 3.98. The van der Waals surface area contributed by atoms with Crippen LogP contribution < -0.4 is 0 Å². The molecule has 7 heavy (non-hydrogen) atoms. The Hall–Kier alpha value is -0.400. The van der Waals surface area contributed by atoms with E-state index in [1.807, 2.05) is 0 Å². The maximum atomic E-state index is 12.0. The van der Waals surface area contributed by atoms with Gasteiger partial charge in [-0.1, -0.05) is 0 Å². The van der Waals surface area contributed by atoms with Gasteiger partial charge in [0, 0.05) is 6.42 Å². The van der Waals surface area contributed by atoms with E-state index in [4.69, 9.17) is 0 Å². The van der Waals surface area contributed by atoms with Crippen LogP contribution in [0, 0.1) is 0 Å². The van der Waals surface area contributed by atoms with E-state index < -0.39 is 6.17 Å². The highest BCUT2D eigenvalue weighted by Gasteiger charge is 2.22. The van der Waals surface area contributed by atoms with Gasteiger partial charge >= 0.3 is 0 Å². The number of ketones is 1. The van der Waals surface area contributed by atoms with Gasteiger partial charge in [0.2, 0.25) is 0 Å². The van der Waals surface area contributed by atoms with E-state index >= 15 is 0 Å². The summed E-state index contributed by atoms with van der Waals surface area (Å²) >= 11 is 0. The van der Waals surface area contributed by atoms with Crippen LogP contribution in [0.25, 0.3) is 0 Å². The molecule has 1 unspecified atom stereocenters. The standard InChI is InChI=1S/C5H7FO/c6-4-2-1-3-5(4)7/h4H,1-3H2. The molecule has 0 radical (unpaired) electrons. The highest BCUT2D eigenvalue weighted by molar-refractivity contribution is 5.84. The molecular weight excluding hydrogens is 95.1 g/mol. The first-order valence-corrected chi connectivity index (χ1v) is 2.47. The molecule has 0 bridgehead atoms. The third-order valence-corrected chi connectivity index (χ3v) is 1.23. The third-order valence-electron chi connectivity index (χ3n) is 1.23. The predicted molar refractivity (Wildman–Crippen MR) is 23.8 cm³/mol. The van der Waals surface area contributed by atoms with Crippen LogP contribution in [0.4, 0.5) is 4.39 Å². The number of alkyl halides is 1. The van der Waals surface area contributed by atoms with Gasteiger partial charge in [-0.05, 0) is 12.8 Å². The molecule has 1 rings (SSSR count). The summed E-state index contributed by atoms with van der Waals surface area (Å²) in [5, 5.41) is 0. The Labute approximate surface area is 41.5 Å². The summed E-state index contributed by atoms with van der Waals surface area (Å²) in [5.74, 6) is -0.208. The predicted octanol–water partition coefficient (Wildman–Crippen LogP) is 1.08. The van der Waals surface area contributed by atoms with Crippen molar-refractivity contribution in [3.8, 4) is 0 Å². The molecule has 0 aromatic heterocycles. The second kappa shape index (κ2) is 1.60. The number of hydrogen-bond acceptors (Lipinski definition) is 1. The van der Waals surface area contributed by atoms with Gasteiger partial charge in [-0.3, -0.25) is 4.79 Å². The van der Waals surface area contributed by atoms with Crippen molar-refractivity contribution in [2.24, 2.45) is 0 Å². The lowest BCUT2D eigenvalue weighted by Crippen LogP contribution is -2.04. The van der Waals surface area contributed by atoms with Crippen molar-refractivity contribution in [2.45, 2.75) is 25.4 Å². The first-order valence-electron chi connectivity index (χ1n) is 2.47. The zero-order chi connectivity index (χ0) is 5.28. The SMILES string of the molecule is O=C1CCCC1F. The second-order valence-electron chi connectivity index (χ2n) is 1.83. The van der Waals surface area contributed by atoms with Crippen LogP contribution in [-0.4, -0.2) is 12.0 Å². The molecule has 0 heterocycles. The van der Waals surface area contributed by atoms with E-state index in [9.17, 15) is 9.18 Å². The summed E-state index contributed by atoms with van der Waals surface area (Å²) in [6.07, 6.45) is 0.542. The van der Waals surface area contributed by atoms with E-state index in [-0.39, 0.29) is 5.78 Å². The van der Waals surface area contributed by atoms with Gasteiger partial charge in [-0.2, -0.15) is 0 Å². The van der Waals surface area contributed by atoms with Crippen LogP contribution >= 0.6 is 0 Å². The van der Waals surface area contributed by atoms with Crippen molar-refractivity contribution >= 4 is 5.78 Å². The van der Waals surface area contributed by atoms with Crippen molar-refractivity contribution < 1.29 is 9.18 Å². The van der Waals surface area contributed by atoms with Gasteiger partial charge in [-0.15, -0.1) is 0 Å². The molecular formula is C5H7FO. The van der Waals surface area contributed by atoms with E-state index in [2.05, 4.69) is 0 Å². The molecule has 2 heteroatoms. The lowest BCUT2D eigenvalue weighted by Gasteiger charge is -1.86. The number of hydrogen-bond donors (Lipinski definition) is 0. The molecule has 1 aliphatic rings. The second-order valence-corrected chi connectivity index (χ2v) is 1.83. The maximum absolute atomic E-state index is 12.0. The van der Waals surface area contributed by atoms with Gasteiger partial charge in [0.15, 0.2) is 12.0 Å². The van der Waals surface area contributed by atoms with E-state index in [1.54, 1.807) is 0 Å². The quantitative estimate of drug-likeness (QED) is 0.447. The van der Waals surface area contributed by atoms with Crippen LogP contribution in [-0.2, 0) is 4.79 Å². The van der Waals surface area contributed by atoms with Crippen molar-refractivity contribution in [2.75, 3.05) is 0 Å². The topological polar surface area (TPSA) is 17.1 Å². The molecule has 1 saturated carbocycles. The summed E-state index contributed by atoms with van der Waals surface area (Å²) in [5.41, 5.74) is 0. The average Bonchev–Trinajstić information content (AvgIpc) is 1.91. The van der Waals surface area contributed by atoms with Gasteiger partial charge in [0.1, 0.15) is 0 Å². The number of Topliss-reactive ketones (excluding diaryl/α,β-unsaturated/α-hetero) is 1. The fourth-order valence-electron chi connectivity index (χ4n) is 0.773. The van der Waals surface area contributed by atoms with Crippen molar-refractivity contribution in [3.63, 3.8) is 0 Å². The molecule has 0 aromatic rings. The van der Waals surface area contributed by atoms with Gasteiger partial charge in [0.05, 0.1) is 0 Å². The number of carbonyl (C=O) groups is 1. The maximum Gasteiger partial charge on any atom is 0.166 e. The van der Waals surface area contributed by atoms with E-state index in [0.717, 1.165) is 6.42 Å². The Morgan fingerprint density at radius 1 is 1.71 bits per heavy atom. The Bertz CT molecular complexity index is 90.1. The minimum Gasteiger partial charge on any atom is -0.296 e. The Balaban J connectivity index is 2.48.